The lowest BCUT2D eigenvalue weighted by atomic mass is 9.95. The Morgan fingerprint density at radius 2 is 1.95 bits per heavy atom. The maximum Gasteiger partial charge on any atom is 0.174 e. The monoisotopic (exact) mass is 290 g/mol. The number of aromatic hydroxyl groups is 2. The number of fused-ring (bicyclic) bond motifs is 1. The molecular weight excluding hydrogens is 280 g/mol. The molecule has 0 saturated carbocycles. The predicted octanol–water partition coefficient (Wildman–Crippen LogP) is 3.46. The lowest BCUT2D eigenvalue weighted by Crippen LogP contribution is -2.20. The lowest BCUT2D eigenvalue weighted by Gasteiger charge is -2.26. The van der Waals surface area contributed by atoms with Gasteiger partial charge in [-0.05, 0) is 6.07 Å². The molecule has 1 unspecified atom stereocenters. The van der Waals surface area contributed by atoms with E-state index in [1.165, 1.54) is 6.07 Å². The van der Waals surface area contributed by atoms with Crippen LogP contribution in [0.5, 0.6) is 17.2 Å². The van der Waals surface area contributed by atoms with Gasteiger partial charge in [0.2, 0.25) is 0 Å². The number of ketones is 1. The Balaban J connectivity index is 2.05. The van der Waals surface area contributed by atoms with Gasteiger partial charge in [-0.2, -0.15) is 0 Å². The molecule has 0 bridgehead atoms. The van der Waals surface area contributed by atoms with E-state index in [1.807, 2.05) is 6.07 Å². The average Bonchev–Trinajstić information content (AvgIpc) is 2.37. The first-order valence-electron chi connectivity index (χ1n) is 6.06. The summed E-state index contributed by atoms with van der Waals surface area (Å²) in [5.41, 5.74) is 0.808. The number of carbonyl (C=O) groups excluding carboxylic acids is 1. The fourth-order valence-electron chi connectivity index (χ4n) is 2.33. The molecule has 0 saturated heterocycles. The van der Waals surface area contributed by atoms with Crippen molar-refractivity contribution in [1.29, 1.82) is 0 Å². The van der Waals surface area contributed by atoms with Crippen molar-refractivity contribution in [2.75, 3.05) is 0 Å². The molecule has 0 radical (unpaired) electrons. The number of phenolic OH excluding ortho intramolecular Hbond substituents is 2. The highest BCUT2D eigenvalue weighted by Gasteiger charge is 2.31. The van der Waals surface area contributed by atoms with Crippen LogP contribution in [0, 0.1) is 0 Å². The minimum Gasteiger partial charge on any atom is -0.508 e. The molecule has 5 heteroatoms. The molecule has 0 aromatic heterocycles. The lowest BCUT2D eigenvalue weighted by molar-refractivity contribution is 0.0845. The first-order chi connectivity index (χ1) is 9.56. The summed E-state index contributed by atoms with van der Waals surface area (Å²) in [6, 6.07) is 9.55. The highest BCUT2D eigenvalue weighted by molar-refractivity contribution is 6.31. The van der Waals surface area contributed by atoms with Crippen molar-refractivity contribution in [2.45, 2.75) is 12.5 Å². The standard InChI is InChI=1S/C15H11ClO4/c16-10-4-2-1-3-9(10)13-7-12(19)15-11(18)5-8(17)6-14(15)20-13/h1-6,13,17-18H,7H2. The minimum atomic E-state index is -0.523. The highest BCUT2D eigenvalue weighted by atomic mass is 35.5. The van der Waals surface area contributed by atoms with Gasteiger partial charge in [0.1, 0.15) is 28.9 Å². The summed E-state index contributed by atoms with van der Waals surface area (Å²) in [7, 11) is 0. The number of phenols is 2. The van der Waals surface area contributed by atoms with Crippen LogP contribution in [0.2, 0.25) is 5.02 Å². The SMILES string of the molecule is O=C1CC(c2ccccc2Cl)Oc2cc(O)cc(O)c21. The molecule has 0 aliphatic carbocycles. The van der Waals surface area contributed by atoms with E-state index >= 15 is 0 Å². The van der Waals surface area contributed by atoms with E-state index in [0.29, 0.717) is 10.6 Å². The van der Waals surface area contributed by atoms with Crippen LogP contribution in [0.1, 0.15) is 28.4 Å². The molecule has 1 atom stereocenters. The smallest absolute Gasteiger partial charge is 0.174 e. The van der Waals surface area contributed by atoms with Crippen LogP contribution in [0.25, 0.3) is 0 Å². The number of carbonyl (C=O) groups is 1. The van der Waals surface area contributed by atoms with Gasteiger partial charge < -0.3 is 14.9 Å². The van der Waals surface area contributed by atoms with Crippen molar-refractivity contribution in [2.24, 2.45) is 0 Å². The normalized spacial score (nSPS) is 17.4. The van der Waals surface area contributed by atoms with E-state index in [1.54, 1.807) is 18.2 Å². The Morgan fingerprint density at radius 1 is 1.20 bits per heavy atom. The van der Waals surface area contributed by atoms with Crippen molar-refractivity contribution in [3.8, 4) is 17.2 Å². The summed E-state index contributed by atoms with van der Waals surface area (Å²) in [5, 5.41) is 19.7. The van der Waals surface area contributed by atoms with Gasteiger partial charge in [0.05, 0.1) is 6.42 Å². The largest absolute Gasteiger partial charge is 0.508 e. The fraction of sp³-hybridized carbons (Fsp3) is 0.133. The second kappa shape index (κ2) is 4.72. The quantitative estimate of drug-likeness (QED) is 0.844. The van der Waals surface area contributed by atoms with Crippen LogP contribution >= 0.6 is 11.6 Å². The molecule has 4 nitrogen and oxygen atoms in total. The van der Waals surface area contributed by atoms with Crippen molar-refractivity contribution in [1.82, 2.24) is 0 Å². The first-order valence-corrected chi connectivity index (χ1v) is 6.44. The maximum absolute atomic E-state index is 12.1. The molecule has 20 heavy (non-hydrogen) atoms. The Kier molecular flexibility index (Phi) is 3.03. The molecule has 2 aromatic carbocycles. The number of ether oxygens (including phenoxy) is 1. The van der Waals surface area contributed by atoms with E-state index in [9.17, 15) is 15.0 Å². The van der Waals surface area contributed by atoms with Gasteiger partial charge in [0.15, 0.2) is 5.78 Å². The van der Waals surface area contributed by atoms with Gasteiger partial charge in [-0.15, -0.1) is 0 Å². The van der Waals surface area contributed by atoms with Crippen LogP contribution in [0.15, 0.2) is 36.4 Å². The van der Waals surface area contributed by atoms with Crippen molar-refractivity contribution < 1.29 is 19.7 Å². The third kappa shape index (κ3) is 2.08. The average molecular weight is 291 g/mol. The molecule has 1 aliphatic rings. The van der Waals surface area contributed by atoms with Crippen LogP contribution in [-0.4, -0.2) is 16.0 Å². The van der Waals surface area contributed by atoms with E-state index in [-0.39, 0.29) is 35.0 Å². The van der Waals surface area contributed by atoms with Crippen LogP contribution in [-0.2, 0) is 0 Å². The summed E-state index contributed by atoms with van der Waals surface area (Å²) < 4.78 is 5.71. The number of Topliss-reactive ketones (excluding diaryl/α,β-unsaturated/α-hetero) is 1. The molecule has 1 aliphatic heterocycles. The zero-order valence-corrected chi connectivity index (χ0v) is 11.1. The zero-order chi connectivity index (χ0) is 14.3. The van der Waals surface area contributed by atoms with Crippen LogP contribution in [0.3, 0.4) is 0 Å². The molecule has 0 fully saturated rings. The van der Waals surface area contributed by atoms with Crippen molar-refractivity contribution >= 4 is 17.4 Å². The Labute approximate surface area is 120 Å². The van der Waals surface area contributed by atoms with Gasteiger partial charge in [0, 0.05) is 22.7 Å². The third-order valence-electron chi connectivity index (χ3n) is 3.24. The Morgan fingerprint density at radius 3 is 2.70 bits per heavy atom. The number of hydrogen-bond donors (Lipinski definition) is 2. The molecule has 1 heterocycles. The maximum atomic E-state index is 12.1. The van der Waals surface area contributed by atoms with Gasteiger partial charge in [-0.25, -0.2) is 0 Å². The predicted molar refractivity (Wildman–Crippen MR) is 73.5 cm³/mol. The molecule has 2 aromatic rings. The number of halogens is 1. The van der Waals surface area contributed by atoms with Crippen LogP contribution < -0.4 is 4.74 Å². The Hall–Kier alpha value is -2.20. The van der Waals surface area contributed by atoms with Gasteiger partial charge in [0.25, 0.3) is 0 Å². The molecule has 0 amide bonds. The number of hydrogen-bond acceptors (Lipinski definition) is 4. The summed E-state index contributed by atoms with van der Waals surface area (Å²) in [5.74, 6) is -0.506. The topological polar surface area (TPSA) is 66.8 Å². The second-order valence-corrected chi connectivity index (χ2v) is 5.00. The zero-order valence-electron chi connectivity index (χ0n) is 10.3. The van der Waals surface area contributed by atoms with E-state index in [4.69, 9.17) is 16.3 Å². The van der Waals surface area contributed by atoms with Gasteiger partial charge in [-0.1, -0.05) is 29.8 Å². The van der Waals surface area contributed by atoms with Gasteiger partial charge in [-0.3, -0.25) is 4.79 Å². The summed E-state index contributed by atoms with van der Waals surface area (Å²) >= 11 is 6.10. The molecule has 3 rings (SSSR count). The van der Waals surface area contributed by atoms with Crippen LogP contribution in [0.4, 0.5) is 0 Å². The second-order valence-electron chi connectivity index (χ2n) is 4.59. The molecule has 0 spiro atoms. The summed E-state index contributed by atoms with van der Waals surface area (Å²) in [6.45, 7) is 0. The summed E-state index contributed by atoms with van der Waals surface area (Å²) in [4.78, 5) is 12.1. The summed E-state index contributed by atoms with van der Waals surface area (Å²) in [6.07, 6.45) is -0.431. The molecule has 102 valence electrons. The number of benzene rings is 2. The fourth-order valence-corrected chi connectivity index (χ4v) is 2.59. The molecular formula is C15H11ClO4. The third-order valence-corrected chi connectivity index (χ3v) is 3.58. The van der Waals surface area contributed by atoms with E-state index < -0.39 is 6.10 Å². The minimum absolute atomic E-state index is 0.0923. The number of rotatable bonds is 1. The van der Waals surface area contributed by atoms with Crippen molar-refractivity contribution in [3.05, 3.63) is 52.5 Å². The Bertz CT molecular complexity index is 696. The van der Waals surface area contributed by atoms with E-state index in [0.717, 1.165) is 6.07 Å². The highest BCUT2D eigenvalue weighted by Crippen LogP contribution is 2.42. The molecule has 2 N–H and O–H groups in total. The first kappa shape index (κ1) is 12.8. The van der Waals surface area contributed by atoms with Crippen molar-refractivity contribution in [3.63, 3.8) is 0 Å². The van der Waals surface area contributed by atoms with Gasteiger partial charge >= 0.3 is 0 Å². The van der Waals surface area contributed by atoms with E-state index in [2.05, 4.69) is 0 Å².